The Bertz CT molecular complexity index is 1250. The average molecular weight is 471 g/mol. The Labute approximate surface area is 191 Å². The largest absolute Gasteiger partial charge is 0.454 e. The first-order valence-corrected chi connectivity index (χ1v) is 10.4. The van der Waals surface area contributed by atoms with Gasteiger partial charge in [-0.15, -0.1) is 10.2 Å². The van der Waals surface area contributed by atoms with E-state index in [9.17, 15) is 19.7 Å². The quantitative estimate of drug-likeness (QED) is 0.310. The topological polar surface area (TPSA) is 148 Å². The number of nitrogens with one attached hydrogen (secondary N) is 1. The summed E-state index contributed by atoms with van der Waals surface area (Å²) in [5.74, 6) is -0.397. The fourth-order valence-corrected chi connectivity index (χ4v) is 3.69. The summed E-state index contributed by atoms with van der Waals surface area (Å²) in [6.07, 6.45) is 0.310. The van der Waals surface area contributed by atoms with Crippen LogP contribution in [0.4, 0.5) is 11.4 Å². The van der Waals surface area contributed by atoms with Crippen LogP contribution in [-0.2, 0) is 16.6 Å². The first kappa shape index (κ1) is 22.1. The minimum absolute atomic E-state index is 0.0632. The van der Waals surface area contributed by atoms with Crippen molar-refractivity contribution in [2.75, 3.05) is 12.1 Å². The first-order chi connectivity index (χ1) is 15.8. The third-order valence-electron chi connectivity index (χ3n) is 4.56. The average Bonchev–Trinajstić information content (AvgIpc) is 3.42. The second kappa shape index (κ2) is 9.16. The van der Waals surface area contributed by atoms with Crippen LogP contribution in [0.25, 0.3) is 0 Å². The summed E-state index contributed by atoms with van der Waals surface area (Å²) in [6.45, 7) is 1.50. The molecule has 4 rings (SSSR count). The molecule has 170 valence electrons. The third-order valence-corrected chi connectivity index (χ3v) is 5.67. The summed E-state index contributed by atoms with van der Waals surface area (Å²) in [5, 5.41) is 22.2. The molecule has 1 aromatic heterocycles. The van der Waals surface area contributed by atoms with Gasteiger partial charge in [0.05, 0.1) is 15.4 Å². The molecule has 1 aliphatic heterocycles. The van der Waals surface area contributed by atoms with Crippen LogP contribution in [0.3, 0.4) is 0 Å². The first-order valence-electron chi connectivity index (χ1n) is 9.53. The molecule has 1 unspecified atom stereocenters. The maximum absolute atomic E-state index is 12.5. The lowest BCUT2D eigenvalue weighted by Crippen LogP contribution is -2.30. The number of hydrogen-bond acceptors (Lipinski definition) is 10. The maximum atomic E-state index is 12.5. The van der Waals surface area contributed by atoms with Crippen molar-refractivity contribution in [2.24, 2.45) is 7.05 Å². The van der Waals surface area contributed by atoms with E-state index < -0.39 is 22.9 Å². The number of rotatable bonds is 7. The molecule has 1 N–H and O–H groups in total. The number of fused-ring (bicyclic) bond motifs is 1. The van der Waals surface area contributed by atoms with E-state index in [2.05, 4.69) is 15.5 Å². The summed E-state index contributed by atoms with van der Waals surface area (Å²) in [4.78, 5) is 36.2. The number of esters is 1. The van der Waals surface area contributed by atoms with Gasteiger partial charge in [0, 0.05) is 24.9 Å². The normalized spacial score (nSPS) is 12.8. The van der Waals surface area contributed by atoms with Gasteiger partial charge in [-0.2, -0.15) is 0 Å². The van der Waals surface area contributed by atoms with Gasteiger partial charge in [0.25, 0.3) is 11.6 Å². The maximum Gasteiger partial charge on any atom is 0.339 e. The van der Waals surface area contributed by atoms with E-state index in [1.165, 1.54) is 25.4 Å². The molecular weight excluding hydrogens is 454 g/mol. The zero-order valence-electron chi connectivity index (χ0n) is 17.4. The lowest BCUT2D eigenvalue weighted by Gasteiger charge is -2.14. The molecular formula is C20H17N5O7S. The highest BCUT2D eigenvalue weighted by atomic mass is 32.2. The van der Waals surface area contributed by atoms with E-state index in [0.717, 1.165) is 17.8 Å². The van der Waals surface area contributed by atoms with Crippen LogP contribution in [0.5, 0.6) is 11.5 Å². The Kier molecular flexibility index (Phi) is 6.13. The van der Waals surface area contributed by atoms with Crippen molar-refractivity contribution in [3.05, 3.63) is 58.4 Å². The van der Waals surface area contributed by atoms with E-state index >= 15 is 0 Å². The summed E-state index contributed by atoms with van der Waals surface area (Å²) in [5.41, 5.74) is 0.0783. The van der Waals surface area contributed by atoms with E-state index in [4.69, 9.17) is 14.2 Å². The molecule has 0 fully saturated rings. The monoisotopic (exact) mass is 471 g/mol. The van der Waals surface area contributed by atoms with Crippen molar-refractivity contribution in [3.63, 3.8) is 0 Å². The molecule has 0 saturated carbocycles. The molecule has 0 saturated heterocycles. The van der Waals surface area contributed by atoms with Gasteiger partial charge in [-0.3, -0.25) is 14.9 Å². The van der Waals surface area contributed by atoms with Crippen LogP contribution in [0.1, 0.15) is 17.3 Å². The number of benzene rings is 2. The Morgan fingerprint density at radius 3 is 2.76 bits per heavy atom. The molecule has 0 spiro atoms. The highest BCUT2D eigenvalue weighted by molar-refractivity contribution is 7.99. The van der Waals surface area contributed by atoms with Crippen molar-refractivity contribution in [1.29, 1.82) is 0 Å². The fraction of sp³-hybridized carbons (Fsp3) is 0.200. The molecule has 2 heterocycles. The predicted molar refractivity (Wildman–Crippen MR) is 114 cm³/mol. The number of nitro benzene ring substituents is 1. The van der Waals surface area contributed by atoms with Gasteiger partial charge >= 0.3 is 5.97 Å². The summed E-state index contributed by atoms with van der Waals surface area (Å²) < 4.78 is 17.3. The van der Waals surface area contributed by atoms with Crippen LogP contribution < -0.4 is 14.8 Å². The Balaban J connectivity index is 1.43. The molecule has 0 bridgehead atoms. The van der Waals surface area contributed by atoms with Gasteiger partial charge in [0.1, 0.15) is 6.33 Å². The number of aryl methyl sites for hydroxylation is 1. The molecule has 1 atom stereocenters. The molecule has 12 nitrogen and oxygen atoms in total. The number of aromatic nitrogens is 3. The minimum atomic E-state index is -1.16. The number of ether oxygens (including phenoxy) is 3. The summed E-state index contributed by atoms with van der Waals surface area (Å²) >= 11 is 1.04. The van der Waals surface area contributed by atoms with E-state index in [1.54, 1.807) is 29.8 Å². The highest BCUT2D eigenvalue weighted by Gasteiger charge is 2.24. The smallest absolute Gasteiger partial charge is 0.339 e. The second-order valence-electron chi connectivity index (χ2n) is 6.87. The van der Waals surface area contributed by atoms with E-state index in [-0.39, 0.29) is 22.9 Å². The predicted octanol–water partition coefficient (Wildman–Crippen LogP) is 2.79. The van der Waals surface area contributed by atoms with Crippen LogP contribution >= 0.6 is 11.8 Å². The number of amides is 1. The number of carbonyl (C=O) groups is 2. The van der Waals surface area contributed by atoms with E-state index in [0.29, 0.717) is 22.3 Å². The molecule has 1 amide bonds. The lowest BCUT2D eigenvalue weighted by atomic mass is 10.2. The zero-order valence-corrected chi connectivity index (χ0v) is 18.2. The molecule has 0 aliphatic carbocycles. The summed E-state index contributed by atoms with van der Waals surface area (Å²) in [6, 6.07) is 8.77. The Hall–Kier alpha value is -4.13. The van der Waals surface area contributed by atoms with Gasteiger partial charge in [-0.25, -0.2) is 4.79 Å². The molecule has 33 heavy (non-hydrogen) atoms. The molecule has 0 radical (unpaired) electrons. The van der Waals surface area contributed by atoms with Crippen LogP contribution in [0, 0.1) is 10.1 Å². The third kappa shape index (κ3) is 4.87. The van der Waals surface area contributed by atoms with Gasteiger partial charge in [0.15, 0.2) is 22.8 Å². The van der Waals surface area contributed by atoms with Crippen molar-refractivity contribution < 1.29 is 28.7 Å². The van der Waals surface area contributed by atoms with Crippen molar-refractivity contribution in [1.82, 2.24) is 14.8 Å². The molecule has 2 aromatic carbocycles. The van der Waals surface area contributed by atoms with Crippen molar-refractivity contribution in [3.8, 4) is 11.5 Å². The molecule has 3 aromatic rings. The van der Waals surface area contributed by atoms with Crippen LogP contribution in [0.15, 0.2) is 52.8 Å². The van der Waals surface area contributed by atoms with Gasteiger partial charge in [0.2, 0.25) is 6.79 Å². The highest BCUT2D eigenvalue weighted by Crippen LogP contribution is 2.35. The van der Waals surface area contributed by atoms with Crippen molar-refractivity contribution >= 4 is 35.0 Å². The van der Waals surface area contributed by atoms with Crippen LogP contribution in [0.2, 0.25) is 0 Å². The zero-order chi connectivity index (χ0) is 23.5. The lowest BCUT2D eigenvalue weighted by molar-refractivity contribution is -0.387. The SMILES string of the molecule is CC(OC(=O)c1ccc(Sc2nncn2C)c([N+](=O)[O-])c1)C(=O)Nc1ccc2c(c1)OCO2. The number of nitrogens with zero attached hydrogens (tertiary/aromatic N) is 4. The van der Waals surface area contributed by atoms with Gasteiger partial charge in [-0.1, -0.05) is 0 Å². The standard InChI is InChI=1S/C20H17N5O7S/c1-11(18(26)22-13-4-5-15-16(8-13)31-10-30-15)32-19(27)12-3-6-17(14(7-12)25(28)29)33-20-23-21-9-24(20)2/h3-9,11H,10H2,1-2H3,(H,22,26). The minimum Gasteiger partial charge on any atom is -0.454 e. The number of carbonyl (C=O) groups excluding carboxylic acids is 2. The van der Waals surface area contributed by atoms with Crippen LogP contribution in [-0.4, -0.2) is 44.5 Å². The molecule has 13 heteroatoms. The van der Waals surface area contributed by atoms with Gasteiger partial charge < -0.3 is 24.1 Å². The molecule has 1 aliphatic rings. The number of hydrogen-bond donors (Lipinski definition) is 1. The number of anilines is 1. The summed E-state index contributed by atoms with van der Waals surface area (Å²) in [7, 11) is 1.70. The van der Waals surface area contributed by atoms with Crippen molar-refractivity contribution in [2.45, 2.75) is 23.1 Å². The fourth-order valence-electron chi connectivity index (χ4n) is 2.84. The van der Waals surface area contributed by atoms with Gasteiger partial charge in [-0.05, 0) is 43.0 Å². The number of nitro groups is 1. The Morgan fingerprint density at radius 1 is 1.24 bits per heavy atom. The van der Waals surface area contributed by atoms with E-state index in [1.807, 2.05) is 0 Å². The second-order valence-corrected chi connectivity index (χ2v) is 7.88. The Morgan fingerprint density at radius 2 is 2.03 bits per heavy atom.